The van der Waals surface area contributed by atoms with Crippen LogP contribution in [0, 0.1) is 175 Å². The normalized spacial score (nSPS) is 9.08. The van der Waals surface area contributed by atoms with Gasteiger partial charge in [0.2, 0.25) is 0 Å². The Balaban J connectivity index is -0.000000143. The van der Waals surface area contributed by atoms with Gasteiger partial charge in [-0.05, 0) is 59.4 Å². The number of hydrogen-bond acceptors (Lipinski definition) is 30. The van der Waals surface area contributed by atoms with Crippen LogP contribution in [0.1, 0.15) is 35.1 Å². The average molecular weight is 1460 g/mol. The molecule has 36 nitrogen and oxygen atoms in total. The first-order valence-electron chi connectivity index (χ1n) is 19.0. The van der Waals surface area contributed by atoms with Gasteiger partial charge in [0.15, 0.2) is 0 Å². The van der Waals surface area contributed by atoms with Crippen molar-refractivity contribution in [1.82, 2.24) is 0 Å². The van der Waals surface area contributed by atoms with E-state index in [2.05, 4.69) is 20.0 Å². The molecule has 4 aromatic rings. The van der Waals surface area contributed by atoms with E-state index >= 15 is 0 Å². The summed E-state index contributed by atoms with van der Waals surface area (Å²) in [7, 11) is 5.85. The second-order valence-corrected chi connectivity index (χ2v) is 11.7. The summed E-state index contributed by atoms with van der Waals surface area (Å²) in [4.78, 5) is 66.4. The summed E-state index contributed by atoms with van der Waals surface area (Å²) in [5.74, 6) is 0.530. The van der Waals surface area contributed by atoms with Crippen molar-refractivity contribution >= 4 is 24.9 Å². The average Bonchev–Trinajstić information content (AvgIpc) is 3.29. The fraction of sp³-hybridized carbons (Fsp3) is 0.263. The van der Waals surface area contributed by atoms with Crippen LogP contribution in [-0.4, -0.2) is 110 Å². The number of rotatable bonds is 16. The van der Waals surface area contributed by atoms with Crippen molar-refractivity contribution in [2.24, 2.45) is 20.0 Å². The quantitative estimate of drug-likeness (QED) is 0.0509. The van der Waals surface area contributed by atoms with Crippen LogP contribution in [-0.2, 0) is 34.1 Å². The third kappa shape index (κ3) is 53.8. The van der Waals surface area contributed by atoms with Gasteiger partial charge in [-0.15, -0.1) is 0 Å². The van der Waals surface area contributed by atoms with E-state index in [1.807, 2.05) is 0 Å². The van der Waals surface area contributed by atoms with E-state index in [9.17, 15) is 20.4 Å². The smallest absolute Gasteiger partial charge is 0.870 e. The molecular formula is C38H40Ce2Cu2N10O26. The van der Waals surface area contributed by atoms with Crippen molar-refractivity contribution in [2.75, 3.05) is 54.6 Å². The minimum absolute atomic E-state index is 0. The van der Waals surface area contributed by atoms with E-state index in [1.54, 1.807) is 97.7 Å². The van der Waals surface area contributed by atoms with Crippen molar-refractivity contribution in [3.8, 4) is 46.0 Å². The molecule has 0 N–H and O–H groups in total. The molecule has 428 valence electrons. The molecule has 0 heterocycles. The van der Waals surface area contributed by atoms with E-state index in [0.717, 1.165) is 0 Å². The third-order valence-electron chi connectivity index (χ3n) is 6.99. The van der Waals surface area contributed by atoms with Crippen LogP contribution in [0.4, 0.5) is 0 Å². The van der Waals surface area contributed by atoms with E-state index in [4.69, 9.17) is 111 Å². The number of nitrogens with zero attached hydrogens (tertiary/aromatic N) is 10. The van der Waals surface area contributed by atoms with Crippen LogP contribution in [0.3, 0.4) is 0 Å². The maximum absolute atomic E-state index is 11.9. The fourth-order valence-corrected chi connectivity index (χ4v) is 4.34. The number of ether oxygens (including phenoxy) is 4. The van der Waals surface area contributed by atoms with Gasteiger partial charge in [0.05, 0.1) is 59.0 Å². The van der Waals surface area contributed by atoms with Crippen molar-refractivity contribution in [3.63, 3.8) is 0 Å². The van der Waals surface area contributed by atoms with Gasteiger partial charge >= 0.3 is 118 Å². The van der Waals surface area contributed by atoms with Crippen molar-refractivity contribution < 1.29 is 188 Å². The number of benzene rings is 4. The van der Waals surface area contributed by atoms with Gasteiger partial charge in [-0.2, -0.15) is 0 Å². The van der Waals surface area contributed by atoms with E-state index < -0.39 is 30.5 Å². The van der Waals surface area contributed by atoms with Crippen LogP contribution in [0.25, 0.3) is 0 Å². The Hall–Kier alpha value is -7.05. The Morgan fingerprint density at radius 2 is 0.487 bits per heavy atom. The number of aliphatic imine (C=N–C) groups is 4. The molecule has 4 rings (SSSR count). The SMILES string of the molecule is COc1cccc(C=NCCCN=Cc2cccc(OC)c2[O-])c1[O-].COc1cccc(C=NCCCN=Cc2cccc(OC)c2[O-])c1[O-].O=[N+]([O-])[O-].O=[N+]([O-])[O-].O=[N+]([O-])[O-].O=[N+]([O-])[O-].O=[N+]([O-])[O-].O=[N+]([O-])[O-].[Ce+3].[Ce+3].[Cu+2].[Cu+2]. The summed E-state index contributed by atoms with van der Waals surface area (Å²) in [6.45, 7) is 2.15. The Morgan fingerprint density at radius 1 is 0.346 bits per heavy atom. The molecule has 0 aromatic heterocycles. The summed E-state index contributed by atoms with van der Waals surface area (Å²) in [5.41, 5.74) is 1.98. The van der Waals surface area contributed by atoms with Crippen molar-refractivity contribution in [2.45, 2.75) is 12.8 Å². The molecule has 0 fully saturated rings. The van der Waals surface area contributed by atoms with Gasteiger partial charge in [-0.3, -0.25) is 20.0 Å². The zero-order valence-electron chi connectivity index (χ0n) is 40.2. The number of para-hydroxylation sites is 4. The second kappa shape index (κ2) is 56.2. The molecule has 0 saturated carbocycles. The molecule has 0 saturated heterocycles. The van der Waals surface area contributed by atoms with E-state index in [0.29, 0.717) is 84.3 Å². The predicted molar refractivity (Wildman–Crippen MR) is 251 cm³/mol. The fourth-order valence-electron chi connectivity index (χ4n) is 4.34. The summed E-state index contributed by atoms with van der Waals surface area (Å²) in [6.07, 6.45) is 7.62. The molecule has 0 unspecified atom stereocenters. The summed E-state index contributed by atoms with van der Waals surface area (Å²) in [5, 5.41) is 136. The molecule has 0 atom stereocenters. The standard InChI is InChI=1S/2C19H22N2O4.2Ce.2Cu.6NO3/c2*1-24-16-8-3-6-14(18(16)22)12-20-10-5-11-21-13-15-7-4-9-17(25-2)19(15)23;;;;;6*2-1(3)4/h2*3-4,6-9,12-13,22-23H,5,10-11H2,1-2H3;;;;;;;;;;/q;;2*+3;2*+2;6*-1/p-4. The first kappa shape index (κ1) is 87.6. The zero-order chi connectivity index (χ0) is 57.6. The topological polar surface area (TPSA) is 576 Å². The molecule has 0 amide bonds. The van der Waals surface area contributed by atoms with Crippen LogP contribution in [0.5, 0.6) is 46.0 Å². The van der Waals surface area contributed by atoms with Gasteiger partial charge in [-0.1, -0.05) is 71.5 Å². The molecule has 4 aromatic carbocycles. The largest absolute Gasteiger partial charge is 3.00 e. The molecule has 78 heavy (non-hydrogen) atoms. The first-order chi connectivity index (χ1) is 34.7. The summed E-state index contributed by atoms with van der Waals surface area (Å²) >= 11 is 0. The maximum atomic E-state index is 11.9. The molecular weight excluding hydrogens is 1420 g/mol. The zero-order valence-corrected chi connectivity index (χ0v) is 48.3. The third-order valence-corrected chi connectivity index (χ3v) is 6.99. The molecule has 0 aliphatic carbocycles. The van der Waals surface area contributed by atoms with Crippen LogP contribution in [0.15, 0.2) is 92.8 Å². The maximum Gasteiger partial charge on any atom is 3.00 e. The summed E-state index contributed by atoms with van der Waals surface area (Å²) in [6, 6.07) is 20.3. The molecule has 4 radical (unpaired) electrons. The number of methoxy groups -OCH3 is 4. The Bertz CT molecular complexity index is 2080. The Kier molecular flexibility index (Phi) is 63.1. The minimum atomic E-state index is -1.75. The first-order valence-corrected chi connectivity index (χ1v) is 19.0. The number of hydrogen-bond donors (Lipinski definition) is 0. The van der Waals surface area contributed by atoms with Crippen molar-refractivity contribution in [1.29, 1.82) is 0 Å². The molecule has 0 aliphatic heterocycles. The minimum Gasteiger partial charge on any atom is -0.870 e. The van der Waals surface area contributed by atoms with Gasteiger partial charge in [-0.25, -0.2) is 0 Å². The predicted octanol–water partition coefficient (Wildman–Crippen LogP) is 2.12. The van der Waals surface area contributed by atoms with Crippen LogP contribution < -0.4 is 39.4 Å². The van der Waals surface area contributed by atoms with Crippen LogP contribution in [0.2, 0.25) is 0 Å². The molecule has 0 aliphatic rings. The van der Waals surface area contributed by atoms with Gasteiger partial charge in [0.1, 0.15) is 23.0 Å². The monoisotopic (exact) mass is 1460 g/mol. The molecule has 0 bridgehead atoms. The Labute approximate surface area is 527 Å². The summed E-state index contributed by atoms with van der Waals surface area (Å²) < 4.78 is 19.9. The Morgan fingerprint density at radius 3 is 0.615 bits per heavy atom. The molecule has 0 spiro atoms. The molecule has 40 heteroatoms. The second-order valence-electron chi connectivity index (χ2n) is 11.7. The van der Waals surface area contributed by atoms with Crippen LogP contribution >= 0.6 is 0 Å². The van der Waals surface area contributed by atoms with Crippen molar-refractivity contribution in [3.05, 3.63) is 187 Å². The van der Waals surface area contributed by atoms with E-state index in [-0.39, 0.29) is 141 Å². The van der Waals surface area contributed by atoms with Gasteiger partial charge in [0.25, 0.3) is 0 Å². The van der Waals surface area contributed by atoms with Gasteiger partial charge < -0.3 is 131 Å². The van der Waals surface area contributed by atoms with E-state index in [1.165, 1.54) is 28.4 Å². The van der Waals surface area contributed by atoms with Gasteiger partial charge in [0, 0.05) is 51.0 Å².